The summed E-state index contributed by atoms with van der Waals surface area (Å²) in [6.45, 7) is 1.24. The predicted molar refractivity (Wildman–Crippen MR) is 52.9 cm³/mol. The zero-order chi connectivity index (χ0) is 9.26. The van der Waals surface area contributed by atoms with Crippen molar-refractivity contribution >= 4 is 11.6 Å². The Morgan fingerprint density at radius 1 is 1.54 bits per heavy atom. The molecule has 2 rings (SSSR count). The molecular formula is C10H12ClNO. The van der Waals surface area contributed by atoms with Gasteiger partial charge in [-0.1, -0.05) is 23.7 Å². The highest BCUT2D eigenvalue weighted by atomic mass is 35.5. The Kier molecular flexibility index (Phi) is 2.54. The van der Waals surface area contributed by atoms with Crippen molar-refractivity contribution in [1.29, 1.82) is 0 Å². The van der Waals surface area contributed by atoms with Crippen molar-refractivity contribution in [3.8, 4) is 0 Å². The molecule has 0 aromatic heterocycles. The maximum absolute atomic E-state index is 6.07. The van der Waals surface area contributed by atoms with Crippen LogP contribution in [0.25, 0.3) is 0 Å². The predicted octanol–water partition coefficient (Wildman–Crippen LogP) is 1.91. The zero-order valence-corrected chi connectivity index (χ0v) is 8.05. The van der Waals surface area contributed by atoms with Gasteiger partial charge in [0.05, 0.1) is 12.7 Å². The first-order chi connectivity index (χ1) is 6.33. The number of halogens is 1. The normalized spacial score (nSPS) is 21.2. The maximum atomic E-state index is 6.07. The van der Waals surface area contributed by atoms with Crippen LogP contribution in [0.2, 0.25) is 5.02 Å². The van der Waals surface area contributed by atoms with Crippen LogP contribution in [0, 0.1) is 0 Å². The van der Waals surface area contributed by atoms with E-state index in [9.17, 15) is 0 Å². The molecule has 0 radical (unpaired) electrons. The lowest BCUT2D eigenvalue weighted by Crippen LogP contribution is -2.23. The second kappa shape index (κ2) is 3.66. The molecule has 70 valence electrons. The smallest absolute Gasteiger partial charge is 0.0950 e. The average molecular weight is 198 g/mol. The van der Waals surface area contributed by atoms with Gasteiger partial charge in [-0.3, -0.25) is 0 Å². The first-order valence-corrected chi connectivity index (χ1v) is 4.79. The summed E-state index contributed by atoms with van der Waals surface area (Å²) in [6.07, 6.45) is 0.924. The van der Waals surface area contributed by atoms with Crippen molar-refractivity contribution in [2.75, 3.05) is 13.2 Å². The summed E-state index contributed by atoms with van der Waals surface area (Å²) >= 11 is 6.07. The van der Waals surface area contributed by atoms with Gasteiger partial charge in [0, 0.05) is 11.6 Å². The molecule has 0 saturated carbocycles. The fraction of sp³-hybridized carbons (Fsp3) is 0.400. The van der Waals surface area contributed by atoms with E-state index in [-0.39, 0.29) is 6.10 Å². The van der Waals surface area contributed by atoms with E-state index in [1.165, 1.54) is 5.56 Å². The van der Waals surface area contributed by atoms with Crippen molar-refractivity contribution in [3.05, 3.63) is 34.3 Å². The highest BCUT2D eigenvalue weighted by molar-refractivity contribution is 6.31. The third kappa shape index (κ3) is 1.57. The molecule has 1 heterocycles. The molecule has 1 aromatic carbocycles. The summed E-state index contributed by atoms with van der Waals surface area (Å²) in [5, 5.41) is 0.833. The molecule has 3 heteroatoms. The van der Waals surface area contributed by atoms with Crippen LogP contribution in [0.3, 0.4) is 0 Å². The molecule has 0 bridgehead atoms. The highest BCUT2D eigenvalue weighted by Gasteiger charge is 2.20. The first kappa shape index (κ1) is 9.00. The Hall–Kier alpha value is -0.570. The van der Waals surface area contributed by atoms with E-state index in [0.29, 0.717) is 6.54 Å². The van der Waals surface area contributed by atoms with Crippen LogP contribution in [-0.4, -0.2) is 13.2 Å². The lowest BCUT2D eigenvalue weighted by Gasteiger charge is -2.25. The summed E-state index contributed by atoms with van der Waals surface area (Å²) in [6, 6.07) is 5.90. The van der Waals surface area contributed by atoms with Crippen molar-refractivity contribution in [2.45, 2.75) is 12.5 Å². The van der Waals surface area contributed by atoms with E-state index < -0.39 is 0 Å². The summed E-state index contributed by atoms with van der Waals surface area (Å²) in [5.74, 6) is 0. The quantitative estimate of drug-likeness (QED) is 0.747. The second-order valence-corrected chi connectivity index (χ2v) is 3.56. The lowest BCUT2D eigenvalue weighted by molar-refractivity contribution is 0.0485. The van der Waals surface area contributed by atoms with Crippen LogP contribution in [0.4, 0.5) is 0 Å². The number of fused-ring (bicyclic) bond motifs is 1. The van der Waals surface area contributed by atoms with Crippen LogP contribution in [0.15, 0.2) is 18.2 Å². The highest BCUT2D eigenvalue weighted by Crippen LogP contribution is 2.30. The van der Waals surface area contributed by atoms with Crippen molar-refractivity contribution in [1.82, 2.24) is 0 Å². The van der Waals surface area contributed by atoms with Crippen LogP contribution >= 0.6 is 11.6 Å². The first-order valence-electron chi connectivity index (χ1n) is 4.42. The Morgan fingerprint density at radius 3 is 3.15 bits per heavy atom. The van der Waals surface area contributed by atoms with Crippen molar-refractivity contribution in [3.63, 3.8) is 0 Å². The molecule has 1 aliphatic rings. The van der Waals surface area contributed by atoms with Crippen LogP contribution in [0.5, 0.6) is 0 Å². The van der Waals surface area contributed by atoms with E-state index in [4.69, 9.17) is 22.1 Å². The number of rotatable bonds is 1. The maximum Gasteiger partial charge on any atom is 0.0950 e. The number of hydrogen-bond acceptors (Lipinski definition) is 2. The number of hydrogen-bond donors (Lipinski definition) is 1. The molecule has 1 aromatic rings. The van der Waals surface area contributed by atoms with Gasteiger partial charge in [0.2, 0.25) is 0 Å². The monoisotopic (exact) mass is 197 g/mol. The minimum atomic E-state index is 0.0300. The van der Waals surface area contributed by atoms with Crippen LogP contribution in [-0.2, 0) is 11.2 Å². The summed E-state index contributed by atoms with van der Waals surface area (Å²) in [7, 11) is 0. The summed E-state index contributed by atoms with van der Waals surface area (Å²) in [4.78, 5) is 0. The zero-order valence-electron chi connectivity index (χ0n) is 7.29. The third-order valence-electron chi connectivity index (χ3n) is 2.39. The Morgan fingerprint density at radius 2 is 2.38 bits per heavy atom. The fourth-order valence-electron chi connectivity index (χ4n) is 1.73. The molecule has 0 saturated heterocycles. The van der Waals surface area contributed by atoms with Crippen LogP contribution < -0.4 is 5.73 Å². The van der Waals surface area contributed by atoms with Gasteiger partial charge in [-0.2, -0.15) is 0 Å². The molecule has 13 heavy (non-hydrogen) atoms. The Balaban J connectivity index is 2.45. The van der Waals surface area contributed by atoms with E-state index in [1.807, 2.05) is 18.2 Å². The van der Waals surface area contributed by atoms with Gasteiger partial charge in [-0.25, -0.2) is 0 Å². The standard InChI is InChI=1S/C10H12ClNO/c11-9-3-1-2-8-7(9)4-5-13-10(8)6-12/h1-3,10H,4-6,12H2/t10-/m1/s1. The molecule has 0 spiro atoms. The molecule has 2 N–H and O–H groups in total. The van der Waals surface area contributed by atoms with Gasteiger partial charge >= 0.3 is 0 Å². The van der Waals surface area contributed by atoms with E-state index in [2.05, 4.69) is 0 Å². The van der Waals surface area contributed by atoms with Crippen molar-refractivity contribution < 1.29 is 4.74 Å². The summed E-state index contributed by atoms with van der Waals surface area (Å²) in [5.41, 5.74) is 7.95. The third-order valence-corrected chi connectivity index (χ3v) is 2.74. The largest absolute Gasteiger partial charge is 0.372 e. The molecule has 2 nitrogen and oxygen atoms in total. The minimum Gasteiger partial charge on any atom is -0.372 e. The minimum absolute atomic E-state index is 0.0300. The van der Waals surface area contributed by atoms with Gasteiger partial charge < -0.3 is 10.5 Å². The molecule has 0 fully saturated rings. The number of ether oxygens (including phenoxy) is 1. The molecule has 0 unspecified atom stereocenters. The lowest BCUT2D eigenvalue weighted by atomic mass is 9.97. The van der Waals surface area contributed by atoms with Gasteiger partial charge in [0.25, 0.3) is 0 Å². The van der Waals surface area contributed by atoms with Crippen molar-refractivity contribution in [2.24, 2.45) is 5.73 Å². The Bertz CT molecular complexity index is 314. The molecular weight excluding hydrogens is 186 g/mol. The van der Waals surface area contributed by atoms with E-state index in [1.54, 1.807) is 0 Å². The van der Waals surface area contributed by atoms with Crippen LogP contribution in [0.1, 0.15) is 17.2 Å². The van der Waals surface area contributed by atoms with Gasteiger partial charge in [-0.05, 0) is 23.6 Å². The van der Waals surface area contributed by atoms with E-state index >= 15 is 0 Å². The van der Waals surface area contributed by atoms with Gasteiger partial charge in [0.15, 0.2) is 0 Å². The molecule has 0 aliphatic carbocycles. The fourth-order valence-corrected chi connectivity index (χ4v) is 2.01. The Labute approximate surface area is 82.6 Å². The molecule has 1 aliphatic heterocycles. The molecule has 0 amide bonds. The number of benzene rings is 1. The summed E-state index contributed by atoms with van der Waals surface area (Å²) < 4.78 is 5.52. The average Bonchev–Trinajstić information content (AvgIpc) is 2.18. The number of nitrogens with two attached hydrogens (primary N) is 1. The molecule has 1 atom stereocenters. The SMILES string of the molecule is NC[C@H]1OCCc2c(Cl)cccc21. The topological polar surface area (TPSA) is 35.2 Å². The van der Waals surface area contributed by atoms with Gasteiger partial charge in [0.1, 0.15) is 0 Å². The van der Waals surface area contributed by atoms with Gasteiger partial charge in [-0.15, -0.1) is 0 Å². The van der Waals surface area contributed by atoms with E-state index in [0.717, 1.165) is 23.6 Å². The second-order valence-electron chi connectivity index (χ2n) is 3.15.